The molecule has 14 heteroatoms. The van der Waals surface area contributed by atoms with Gasteiger partial charge in [0.1, 0.15) is 34.9 Å². The van der Waals surface area contributed by atoms with E-state index in [0.717, 1.165) is 65.1 Å². The van der Waals surface area contributed by atoms with Crippen molar-refractivity contribution in [3.63, 3.8) is 0 Å². The number of aromatic nitrogens is 4. The summed E-state index contributed by atoms with van der Waals surface area (Å²) in [5, 5.41) is 0. The van der Waals surface area contributed by atoms with Crippen LogP contribution in [0, 0.1) is 5.92 Å². The van der Waals surface area contributed by atoms with Crippen LogP contribution in [0.1, 0.15) is 112 Å². The van der Waals surface area contributed by atoms with Gasteiger partial charge in [-0.05, 0) is 108 Å². The average Bonchev–Trinajstić information content (AvgIpc) is 4.03. The van der Waals surface area contributed by atoms with Crippen molar-refractivity contribution in [3.05, 3.63) is 84.7 Å². The lowest BCUT2D eigenvalue weighted by Crippen LogP contribution is -2.52. The number of H-pyrrole nitrogens is 2. The van der Waals surface area contributed by atoms with Crippen LogP contribution in [0.25, 0.3) is 33.6 Å². The number of benzene rings is 2. The third-order valence-corrected chi connectivity index (χ3v) is 11.4. The van der Waals surface area contributed by atoms with Crippen molar-refractivity contribution in [2.75, 3.05) is 27.2 Å². The van der Waals surface area contributed by atoms with E-state index in [4.69, 9.17) is 19.4 Å². The fourth-order valence-electron chi connectivity index (χ4n) is 8.44. The number of carbonyl (C=O) groups is 4. The van der Waals surface area contributed by atoms with Gasteiger partial charge in [-0.2, -0.15) is 0 Å². The van der Waals surface area contributed by atoms with Gasteiger partial charge in [0.15, 0.2) is 0 Å². The first-order valence-electron chi connectivity index (χ1n) is 21.6. The summed E-state index contributed by atoms with van der Waals surface area (Å²) in [6.07, 6.45) is 5.70. The largest absolute Gasteiger partial charge is 0.444 e. The van der Waals surface area contributed by atoms with Gasteiger partial charge in [-0.1, -0.05) is 69.0 Å². The van der Waals surface area contributed by atoms with Gasteiger partial charge < -0.3 is 29.2 Å². The second-order valence-electron chi connectivity index (χ2n) is 19.0. The minimum atomic E-state index is -0.858. The molecule has 2 N–H and O–H groups in total. The number of rotatable bonds is 11. The van der Waals surface area contributed by atoms with Gasteiger partial charge in [-0.15, -0.1) is 0 Å². The van der Waals surface area contributed by atoms with Crippen molar-refractivity contribution >= 4 is 24.0 Å². The lowest BCUT2D eigenvalue weighted by atomic mass is 10.0. The summed E-state index contributed by atoms with van der Waals surface area (Å²) in [5.41, 5.74) is 4.93. The zero-order valence-corrected chi connectivity index (χ0v) is 38.2. The minimum Gasteiger partial charge on any atom is -0.444 e. The molecule has 4 amide bonds. The number of imidazole rings is 2. The Morgan fingerprint density at radius 2 is 1.06 bits per heavy atom. The van der Waals surface area contributed by atoms with Gasteiger partial charge in [0.05, 0.1) is 35.9 Å². The molecule has 1 unspecified atom stereocenters. The molecule has 0 saturated carbocycles. The predicted octanol–water partition coefficient (Wildman–Crippen LogP) is 9.16. The van der Waals surface area contributed by atoms with E-state index < -0.39 is 35.5 Å². The number of nitrogens with zero attached hydrogens (tertiary/aromatic N) is 6. The molecule has 0 bridgehead atoms. The summed E-state index contributed by atoms with van der Waals surface area (Å²) in [6, 6.07) is 14.5. The van der Waals surface area contributed by atoms with Crippen molar-refractivity contribution in [2.45, 2.75) is 123 Å². The number of amides is 4. The molecular weight excluding hydrogens is 785 g/mol. The third-order valence-electron chi connectivity index (χ3n) is 11.4. The monoisotopic (exact) mass is 848 g/mol. The maximum atomic E-state index is 14.0. The molecule has 0 aliphatic carbocycles. The molecule has 62 heavy (non-hydrogen) atoms. The molecule has 4 atom stereocenters. The highest BCUT2D eigenvalue weighted by Gasteiger charge is 2.42. The molecule has 0 radical (unpaired) electrons. The summed E-state index contributed by atoms with van der Waals surface area (Å²) in [5.74, 6) is 0.998. The van der Waals surface area contributed by atoms with E-state index in [0.29, 0.717) is 24.5 Å². The first kappa shape index (κ1) is 45.6. The minimum absolute atomic E-state index is 0.108. The topological polar surface area (TPSA) is 157 Å². The first-order chi connectivity index (χ1) is 29.1. The van der Waals surface area contributed by atoms with Gasteiger partial charge in [0.25, 0.3) is 0 Å². The lowest BCUT2D eigenvalue weighted by molar-refractivity contribution is -0.139. The highest BCUT2D eigenvalue weighted by atomic mass is 16.6. The molecule has 2 aromatic carbocycles. The number of nitrogens with one attached hydrogen (secondary N) is 2. The van der Waals surface area contributed by atoms with Crippen LogP contribution in [0.4, 0.5) is 9.59 Å². The SMILES string of the molecule is C=C(C)[C@@H](C(=O)N1CCC[C@H]1c1ncc(-c2ccc(-c3ccc(-c4cnc(C5CCCN5C(=O)[C@H](C(C)C)N(C)C(=O)OC(C)(C)C)[nH]4)cc3)cc2)[nH]1)N(C)C(=O)OC(C)(C)C. The third kappa shape index (κ3) is 10.2. The average molecular weight is 849 g/mol. The summed E-state index contributed by atoms with van der Waals surface area (Å²) in [6.45, 7) is 21.6. The predicted molar refractivity (Wildman–Crippen MR) is 240 cm³/mol. The van der Waals surface area contributed by atoms with Crippen LogP contribution in [0.2, 0.25) is 0 Å². The van der Waals surface area contributed by atoms with Gasteiger partial charge >= 0.3 is 12.2 Å². The van der Waals surface area contributed by atoms with Crippen LogP contribution < -0.4 is 0 Å². The molecule has 2 aromatic heterocycles. The molecule has 2 aliphatic heterocycles. The van der Waals surface area contributed by atoms with Crippen LogP contribution in [-0.4, -0.2) is 114 Å². The second-order valence-corrected chi connectivity index (χ2v) is 19.0. The van der Waals surface area contributed by atoms with Crippen LogP contribution >= 0.6 is 0 Å². The number of likely N-dealkylation sites (N-methyl/N-ethyl adjacent to an activating group) is 2. The number of carbonyl (C=O) groups excluding carboxylic acids is 4. The second kappa shape index (κ2) is 18.2. The Hall–Kier alpha value is -5.92. The van der Waals surface area contributed by atoms with E-state index in [-0.39, 0.29) is 29.8 Å². The van der Waals surface area contributed by atoms with Gasteiger partial charge in [-0.3, -0.25) is 19.4 Å². The van der Waals surface area contributed by atoms with E-state index >= 15 is 0 Å². The number of hydrogen-bond acceptors (Lipinski definition) is 8. The number of hydrogen-bond donors (Lipinski definition) is 2. The van der Waals surface area contributed by atoms with Crippen molar-refractivity contribution in [2.24, 2.45) is 5.92 Å². The molecule has 332 valence electrons. The fourth-order valence-corrected chi connectivity index (χ4v) is 8.44. The molecule has 2 aliphatic rings. The molecule has 0 spiro atoms. The zero-order chi connectivity index (χ0) is 45.3. The maximum absolute atomic E-state index is 14.0. The highest BCUT2D eigenvalue weighted by molar-refractivity contribution is 5.89. The van der Waals surface area contributed by atoms with Gasteiger partial charge in [0, 0.05) is 27.2 Å². The van der Waals surface area contributed by atoms with Crippen molar-refractivity contribution in [1.29, 1.82) is 0 Å². The molecule has 2 saturated heterocycles. The Labute approximate surface area is 366 Å². The van der Waals surface area contributed by atoms with Gasteiger partial charge in [-0.25, -0.2) is 19.6 Å². The Kier molecular flexibility index (Phi) is 13.4. The number of aromatic amines is 2. The van der Waals surface area contributed by atoms with Crippen molar-refractivity contribution < 1.29 is 28.7 Å². The summed E-state index contributed by atoms with van der Waals surface area (Å²) in [7, 11) is 3.21. The van der Waals surface area contributed by atoms with Crippen LogP contribution in [0.5, 0.6) is 0 Å². The Morgan fingerprint density at radius 1 is 0.677 bits per heavy atom. The van der Waals surface area contributed by atoms with Crippen LogP contribution in [-0.2, 0) is 19.1 Å². The smallest absolute Gasteiger partial charge is 0.410 e. The lowest BCUT2D eigenvalue weighted by Gasteiger charge is -2.35. The van der Waals surface area contributed by atoms with Gasteiger partial charge in [0.2, 0.25) is 11.8 Å². The number of likely N-dealkylation sites (tertiary alicyclic amines) is 2. The van der Waals surface area contributed by atoms with E-state index in [9.17, 15) is 19.2 Å². The normalized spacial score (nSPS) is 17.8. The summed E-state index contributed by atoms with van der Waals surface area (Å²) < 4.78 is 11.1. The molecule has 2 fully saturated rings. The standard InChI is InChI=1S/C48H64N8O6/c1-29(2)39(53(11)45(59)61-47(5,6)7)43(57)55-25-13-15-37(55)41-49-27-35(51-41)33-21-17-31(18-22-33)32-19-23-34(24-20-32)36-28-50-42(52-36)38-16-14-26-56(38)44(58)40(30(3)4)54(12)46(60)62-48(8,9)10/h17-24,27-28,30,37-40H,1,13-16,25-26H2,2-12H3,(H,49,51)(H,50,52)/t37-,38?,39-,40-/m0/s1. The van der Waals surface area contributed by atoms with E-state index in [1.165, 1.54) is 9.80 Å². The molecule has 14 nitrogen and oxygen atoms in total. The van der Waals surface area contributed by atoms with E-state index in [1.54, 1.807) is 52.9 Å². The van der Waals surface area contributed by atoms with Crippen LogP contribution in [0.3, 0.4) is 0 Å². The molecule has 4 aromatic rings. The summed E-state index contributed by atoms with van der Waals surface area (Å²) in [4.78, 5) is 76.7. The van der Waals surface area contributed by atoms with Crippen molar-refractivity contribution in [3.8, 4) is 33.6 Å². The van der Waals surface area contributed by atoms with Crippen molar-refractivity contribution in [1.82, 2.24) is 39.5 Å². The molecular formula is C48H64N8O6. The number of ether oxygens (including phenoxy) is 2. The molecule has 6 rings (SSSR count). The van der Waals surface area contributed by atoms with E-state index in [1.807, 2.05) is 45.7 Å². The highest BCUT2D eigenvalue weighted by Crippen LogP contribution is 2.36. The first-order valence-corrected chi connectivity index (χ1v) is 21.6. The fraction of sp³-hybridized carbons (Fsp3) is 0.500. The maximum Gasteiger partial charge on any atom is 0.410 e. The Bertz CT molecular complexity index is 2250. The van der Waals surface area contributed by atoms with E-state index in [2.05, 4.69) is 65.1 Å². The molecule has 4 heterocycles. The Morgan fingerprint density at radius 3 is 1.45 bits per heavy atom. The van der Waals surface area contributed by atoms with Crippen LogP contribution in [0.15, 0.2) is 73.1 Å². The summed E-state index contributed by atoms with van der Waals surface area (Å²) >= 11 is 0. The quantitative estimate of drug-likeness (QED) is 0.142. The zero-order valence-electron chi connectivity index (χ0n) is 38.2. The Balaban J connectivity index is 1.11.